The first kappa shape index (κ1) is 21.4. The molecule has 0 spiro atoms. The van der Waals surface area contributed by atoms with Gasteiger partial charge in [0.1, 0.15) is 18.5 Å². The summed E-state index contributed by atoms with van der Waals surface area (Å²) >= 11 is 0. The van der Waals surface area contributed by atoms with E-state index in [4.69, 9.17) is 14.2 Å². The number of aliphatic hydroxyl groups is 1. The average molecular weight is 405 g/mol. The second kappa shape index (κ2) is 10.4. The van der Waals surface area contributed by atoms with E-state index in [1.54, 1.807) is 26.4 Å². The molecule has 2 aromatic rings. The third-order valence-electron chi connectivity index (χ3n) is 5.22. The topological polar surface area (TPSA) is 55.6 Å². The zero-order valence-electron chi connectivity index (χ0n) is 17.1. The highest BCUT2D eigenvalue weighted by molar-refractivity contribution is 5.56. The van der Waals surface area contributed by atoms with Crippen molar-refractivity contribution < 1.29 is 28.6 Å². The monoisotopic (exact) mass is 405 g/mol. The Balaban J connectivity index is 1.40. The molecule has 1 fully saturated rings. The minimum Gasteiger partial charge on any atom is -0.493 e. The first-order valence-corrected chi connectivity index (χ1v) is 9.90. The third kappa shape index (κ3) is 6.06. The second-order valence-electron chi connectivity index (χ2n) is 7.28. The number of nitrogens with zero attached hydrogens (tertiary/aromatic N) is 1. The third-order valence-corrected chi connectivity index (χ3v) is 5.22. The highest BCUT2D eigenvalue weighted by Gasteiger charge is 2.23. The first-order valence-electron chi connectivity index (χ1n) is 9.90. The number of aliphatic hydroxyl groups excluding tert-OH is 1. The van der Waals surface area contributed by atoms with Gasteiger partial charge in [0.05, 0.1) is 53.6 Å². The SMILES string of the molecule is COc1ccc(N2CC[NH+](C[C@@H](O)COCc3ccc(F)cc3)CC2)cc1OC. The summed E-state index contributed by atoms with van der Waals surface area (Å²) in [5.74, 6) is 1.20. The van der Waals surface area contributed by atoms with Gasteiger partial charge in [0.15, 0.2) is 11.5 Å². The lowest BCUT2D eigenvalue weighted by molar-refractivity contribution is -0.903. The van der Waals surface area contributed by atoms with Crippen LogP contribution in [0.1, 0.15) is 5.56 Å². The van der Waals surface area contributed by atoms with Crippen LogP contribution in [0.2, 0.25) is 0 Å². The normalized spacial score (nSPS) is 15.9. The molecule has 6 nitrogen and oxygen atoms in total. The molecule has 29 heavy (non-hydrogen) atoms. The minimum atomic E-state index is -0.516. The lowest BCUT2D eigenvalue weighted by Crippen LogP contribution is -3.16. The van der Waals surface area contributed by atoms with Crippen molar-refractivity contribution in [1.29, 1.82) is 0 Å². The largest absolute Gasteiger partial charge is 0.493 e. The number of methoxy groups -OCH3 is 2. The van der Waals surface area contributed by atoms with E-state index in [2.05, 4.69) is 4.90 Å². The number of nitrogens with one attached hydrogen (secondary N) is 1. The Kier molecular flexibility index (Phi) is 7.69. The standard InChI is InChI=1S/C22H29FN2O4/c1-27-21-8-7-19(13-22(21)28-2)25-11-9-24(10-12-25)14-20(26)16-29-15-17-3-5-18(23)6-4-17/h3-8,13,20,26H,9-12,14-16H2,1-2H3/p+1/t20-/m1/s1. The van der Waals surface area contributed by atoms with Crippen LogP contribution in [0.25, 0.3) is 0 Å². The highest BCUT2D eigenvalue weighted by atomic mass is 19.1. The van der Waals surface area contributed by atoms with Crippen molar-refractivity contribution in [2.24, 2.45) is 0 Å². The van der Waals surface area contributed by atoms with Crippen LogP contribution >= 0.6 is 0 Å². The predicted octanol–water partition coefficient (Wildman–Crippen LogP) is 1.13. The van der Waals surface area contributed by atoms with Crippen LogP contribution in [-0.4, -0.2) is 64.8 Å². The van der Waals surface area contributed by atoms with Crippen molar-refractivity contribution in [1.82, 2.24) is 0 Å². The maximum Gasteiger partial charge on any atom is 0.162 e. The van der Waals surface area contributed by atoms with Gasteiger partial charge in [0.2, 0.25) is 0 Å². The van der Waals surface area contributed by atoms with Crippen LogP contribution in [0, 0.1) is 5.82 Å². The Morgan fingerprint density at radius 1 is 1.03 bits per heavy atom. The number of ether oxygens (including phenoxy) is 3. The summed E-state index contributed by atoms with van der Waals surface area (Å²) in [7, 11) is 3.28. The number of halogens is 1. The van der Waals surface area contributed by atoms with E-state index in [0.29, 0.717) is 13.2 Å². The summed E-state index contributed by atoms with van der Waals surface area (Å²) in [5, 5.41) is 10.3. The second-order valence-corrected chi connectivity index (χ2v) is 7.28. The zero-order valence-corrected chi connectivity index (χ0v) is 17.1. The van der Waals surface area contributed by atoms with Gasteiger partial charge in [-0.2, -0.15) is 0 Å². The Morgan fingerprint density at radius 2 is 1.72 bits per heavy atom. The molecule has 1 heterocycles. The van der Waals surface area contributed by atoms with Gasteiger partial charge in [-0.15, -0.1) is 0 Å². The summed E-state index contributed by atoms with van der Waals surface area (Å²) in [5.41, 5.74) is 2.01. The summed E-state index contributed by atoms with van der Waals surface area (Å²) < 4.78 is 29.2. The van der Waals surface area contributed by atoms with E-state index in [-0.39, 0.29) is 12.4 Å². The number of anilines is 1. The average Bonchev–Trinajstić information content (AvgIpc) is 2.75. The molecule has 2 aromatic carbocycles. The molecule has 1 atom stereocenters. The minimum absolute atomic E-state index is 0.260. The number of benzene rings is 2. The Bertz CT molecular complexity index is 764. The van der Waals surface area contributed by atoms with Crippen molar-refractivity contribution in [2.45, 2.75) is 12.7 Å². The molecule has 1 aliphatic heterocycles. The quantitative estimate of drug-likeness (QED) is 0.655. The molecule has 0 radical (unpaired) electrons. The molecule has 2 N–H and O–H groups in total. The summed E-state index contributed by atoms with van der Waals surface area (Å²) in [4.78, 5) is 3.68. The summed E-state index contributed by atoms with van der Waals surface area (Å²) in [6, 6.07) is 12.2. The Morgan fingerprint density at radius 3 is 2.38 bits per heavy atom. The fourth-order valence-corrected chi connectivity index (χ4v) is 3.59. The van der Waals surface area contributed by atoms with Crippen molar-refractivity contribution in [3.8, 4) is 11.5 Å². The van der Waals surface area contributed by atoms with E-state index < -0.39 is 6.10 Å². The molecule has 1 aliphatic rings. The molecule has 0 aliphatic carbocycles. The Labute approximate surface area is 171 Å². The molecule has 0 aromatic heterocycles. The molecule has 0 amide bonds. The number of quaternary nitrogens is 1. The van der Waals surface area contributed by atoms with Crippen molar-refractivity contribution in [3.05, 3.63) is 53.8 Å². The van der Waals surface area contributed by atoms with Crippen molar-refractivity contribution >= 4 is 5.69 Å². The first-order chi connectivity index (χ1) is 14.1. The summed E-state index contributed by atoms with van der Waals surface area (Å²) in [6.45, 7) is 5.03. The number of hydrogen-bond donors (Lipinski definition) is 2. The molecule has 158 valence electrons. The highest BCUT2D eigenvalue weighted by Crippen LogP contribution is 2.31. The van der Waals surface area contributed by atoms with Crippen LogP contribution in [0.15, 0.2) is 42.5 Å². The molecule has 1 saturated heterocycles. The molecule has 0 unspecified atom stereocenters. The number of hydrogen-bond acceptors (Lipinski definition) is 5. The number of piperazine rings is 1. The van der Waals surface area contributed by atoms with Gasteiger partial charge in [-0.3, -0.25) is 0 Å². The van der Waals surface area contributed by atoms with E-state index >= 15 is 0 Å². The van der Waals surface area contributed by atoms with E-state index in [9.17, 15) is 9.50 Å². The van der Waals surface area contributed by atoms with Crippen molar-refractivity contribution in [3.63, 3.8) is 0 Å². The fraction of sp³-hybridized carbons (Fsp3) is 0.455. The van der Waals surface area contributed by atoms with Gasteiger partial charge >= 0.3 is 0 Å². The number of rotatable bonds is 9. The maximum absolute atomic E-state index is 12.9. The van der Waals surface area contributed by atoms with Crippen LogP contribution < -0.4 is 19.3 Å². The van der Waals surface area contributed by atoms with Crippen molar-refractivity contribution in [2.75, 3.05) is 58.5 Å². The molecule has 7 heteroatoms. The van der Waals surface area contributed by atoms with Gasteiger partial charge in [-0.05, 0) is 29.8 Å². The molecule has 0 saturated carbocycles. The summed E-state index contributed by atoms with van der Waals surface area (Å²) in [6.07, 6.45) is -0.516. The van der Waals surface area contributed by atoms with E-state index in [1.165, 1.54) is 17.0 Å². The zero-order chi connectivity index (χ0) is 20.6. The van der Waals surface area contributed by atoms with Gasteiger partial charge in [0.25, 0.3) is 0 Å². The van der Waals surface area contributed by atoms with Crippen LogP contribution in [-0.2, 0) is 11.3 Å². The Hall–Kier alpha value is -2.35. The van der Waals surface area contributed by atoms with Gasteiger partial charge < -0.3 is 29.1 Å². The van der Waals surface area contributed by atoms with Crippen LogP contribution in [0.5, 0.6) is 11.5 Å². The smallest absolute Gasteiger partial charge is 0.162 e. The van der Waals surface area contributed by atoms with Crippen LogP contribution in [0.4, 0.5) is 10.1 Å². The predicted molar refractivity (Wildman–Crippen MR) is 109 cm³/mol. The van der Waals surface area contributed by atoms with Crippen LogP contribution in [0.3, 0.4) is 0 Å². The molecular formula is C22H30FN2O4+. The molecule has 3 rings (SSSR count). The lowest BCUT2D eigenvalue weighted by Gasteiger charge is -2.34. The lowest BCUT2D eigenvalue weighted by atomic mass is 10.2. The van der Waals surface area contributed by atoms with E-state index in [0.717, 1.165) is 48.9 Å². The maximum atomic E-state index is 12.9. The molecule has 0 bridgehead atoms. The van der Waals surface area contributed by atoms with Gasteiger partial charge in [-0.1, -0.05) is 12.1 Å². The van der Waals surface area contributed by atoms with Gasteiger partial charge in [0, 0.05) is 11.8 Å². The molecular weight excluding hydrogens is 375 g/mol. The fourth-order valence-electron chi connectivity index (χ4n) is 3.59. The van der Waals surface area contributed by atoms with E-state index in [1.807, 2.05) is 18.2 Å². The van der Waals surface area contributed by atoms with Gasteiger partial charge in [-0.25, -0.2) is 4.39 Å².